The molecule has 0 spiro atoms. The molecular formula is C24H27FN2OS. The summed E-state index contributed by atoms with van der Waals surface area (Å²) in [5, 5.41) is 4.15. The smallest absolute Gasteiger partial charge is 0.136 e. The number of unbranched alkanes of at least 4 members (excludes halogenated alkanes) is 3. The number of benzene rings is 1. The molecular weight excluding hydrogens is 383 g/mol. The van der Waals surface area contributed by atoms with Crippen LogP contribution in [0.5, 0.6) is 5.75 Å². The molecule has 5 heteroatoms. The summed E-state index contributed by atoms with van der Waals surface area (Å²) >= 11 is 1.72. The first kappa shape index (κ1) is 19.9. The lowest BCUT2D eigenvalue weighted by atomic mass is 10.0. The lowest BCUT2D eigenvalue weighted by Crippen LogP contribution is -2.14. The molecule has 0 bridgehead atoms. The van der Waals surface area contributed by atoms with Crippen molar-refractivity contribution in [1.29, 1.82) is 0 Å². The van der Waals surface area contributed by atoms with Crippen molar-refractivity contribution in [3.8, 4) is 5.75 Å². The van der Waals surface area contributed by atoms with Crippen LogP contribution in [0.2, 0.25) is 0 Å². The van der Waals surface area contributed by atoms with Crippen LogP contribution in [0.25, 0.3) is 11.3 Å². The minimum Gasteiger partial charge on any atom is -0.493 e. The molecule has 29 heavy (non-hydrogen) atoms. The van der Waals surface area contributed by atoms with Crippen LogP contribution in [0.4, 0.5) is 4.39 Å². The summed E-state index contributed by atoms with van der Waals surface area (Å²) in [4.78, 5) is 5.92. The van der Waals surface area contributed by atoms with E-state index < -0.39 is 0 Å². The van der Waals surface area contributed by atoms with Crippen LogP contribution in [0.1, 0.15) is 66.8 Å². The molecule has 1 fully saturated rings. The fraction of sp³-hybridized carbons (Fsp3) is 0.375. The number of hydrogen-bond acceptors (Lipinski definition) is 4. The molecule has 1 saturated carbocycles. The van der Waals surface area contributed by atoms with E-state index in [1.807, 2.05) is 24.4 Å². The van der Waals surface area contributed by atoms with Crippen molar-refractivity contribution in [3.05, 3.63) is 70.1 Å². The highest BCUT2D eigenvalue weighted by Crippen LogP contribution is 2.44. The second-order valence-electron chi connectivity index (χ2n) is 7.70. The molecule has 2 heterocycles. The van der Waals surface area contributed by atoms with E-state index in [1.54, 1.807) is 17.4 Å². The third-order valence-electron chi connectivity index (χ3n) is 5.17. The average Bonchev–Trinajstić information content (AvgIpc) is 3.44. The van der Waals surface area contributed by atoms with Gasteiger partial charge in [0.1, 0.15) is 16.6 Å². The molecule has 1 N–H and O–H groups in total. The zero-order chi connectivity index (χ0) is 20.2. The number of rotatable bonds is 9. The number of nitrogens with zero attached hydrogens (tertiary/aromatic N) is 1. The van der Waals surface area contributed by atoms with E-state index >= 15 is 0 Å². The van der Waals surface area contributed by atoms with Gasteiger partial charge >= 0.3 is 0 Å². The number of allylic oxidation sites excluding steroid dienone is 3. The number of nitrogens with one attached hydrogen (secondary N) is 1. The Morgan fingerprint density at radius 3 is 2.86 bits per heavy atom. The van der Waals surface area contributed by atoms with Crippen molar-refractivity contribution in [2.75, 3.05) is 6.61 Å². The molecule has 0 atom stereocenters. The number of ether oxygens (including phenoxy) is 1. The fourth-order valence-corrected chi connectivity index (χ4v) is 4.47. The van der Waals surface area contributed by atoms with Gasteiger partial charge in [-0.05, 0) is 49.5 Å². The molecule has 0 saturated heterocycles. The Hall–Kier alpha value is -2.40. The number of hydrogen-bond donors (Lipinski definition) is 1. The standard InChI is InChI=1S/C24H27FN2OS/c1-3-4-5-6-11-28-19-9-10-20(21(25)14-19)22-13-18(12-16(2)27-22)24-26-15-23(29-24)17-7-8-17/h9-10,12-15,17,27H,2-8,11H2,1H3. The summed E-state index contributed by atoms with van der Waals surface area (Å²) in [6.07, 6.45) is 12.9. The Morgan fingerprint density at radius 1 is 1.24 bits per heavy atom. The number of dihydropyridines is 1. The first-order valence-corrected chi connectivity index (χ1v) is 11.2. The van der Waals surface area contributed by atoms with Crippen LogP contribution in [0.3, 0.4) is 0 Å². The molecule has 1 aromatic carbocycles. The third kappa shape index (κ3) is 4.96. The van der Waals surface area contributed by atoms with Gasteiger partial charge in [0.2, 0.25) is 0 Å². The second-order valence-corrected chi connectivity index (χ2v) is 8.76. The summed E-state index contributed by atoms with van der Waals surface area (Å²) in [6, 6.07) is 5.06. The van der Waals surface area contributed by atoms with Gasteiger partial charge in [-0.15, -0.1) is 11.3 Å². The lowest BCUT2D eigenvalue weighted by Gasteiger charge is -2.18. The topological polar surface area (TPSA) is 34.1 Å². The molecule has 2 aromatic rings. The number of aromatic nitrogens is 1. The van der Waals surface area contributed by atoms with Crippen molar-refractivity contribution in [2.24, 2.45) is 0 Å². The third-order valence-corrected chi connectivity index (χ3v) is 6.38. The van der Waals surface area contributed by atoms with Gasteiger partial charge in [-0.2, -0.15) is 0 Å². The fourth-order valence-electron chi connectivity index (χ4n) is 3.40. The predicted molar refractivity (Wildman–Crippen MR) is 118 cm³/mol. The Bertz CT molecular complexity index is 956. The Labute approximate surface area is 176 Å². The largest absolute Gasteiger partial charge is 0.493 e. The molecule has 2 aliphatic rings. The van der Waals surface area contributed by atoms with E-state index in [2.05, 4.69) is 23.8 Å². The van der Waals surface area contributed by atoms with Crippen molar-refractivity contribution in [1.82, 2.24) is 10.3 Å². The molecule has 1 aliphatic carbocycles. The quantitative estimate of drug-likeness (QED) is 0.469. The molecule has 0 amide bonds. The average molecular weight is 411 g/mol. The zero-order valence-electron chi connectivity index (χ0n) is 16.8. The van der Waals surface area contributed by atoms with Gasteiger partial charge in [0.25, 0.3) is 0 Å². The maximum absolute atomic E-state index is 14.8. The van der Waals surface area contributed by atoms with E-state index in [-0.39, 0.29) is 5.82 Å². The highest BCUT2D eigenvalue weighted by atomic mass is 32.1. The van der Waals surface area contributed by atoms with Crippen molar-refractivity contribution < 1.29 is 9.13 Å². The first-order chi connectivity index (χ1) is 14.1. The predicted octanol–water partition coefficient (Wildman–Crippen LogP) is 6.66. The van der Waals surface area contributed by atoms with Crippen LogP contribution in [-0.2, 0) is 0 Å². The maximum Gasteiger partial charge on any atom is 0.136 e. The Balaban J connectivity index is 1.48. The SMILES string of the molecule is C=C1C=C(c2ncc(C3CC3)s2)C=C(c2ccc(OCCCCCC)cc2F)N1. The molecule has 1 aromatic heterocycles. The van der Waals surface area contributed by atoms with Crippen LogP contribution in [0, 0.1) is 5.82 Å². The van der Waals surface area contributed by atoms with Crippen molar-refractivity contribution >= 4 is 22.6 Å². The first-order valence-electron chi connectivity index (χ1n) is 10.4. The van der Waals surface area contributed by atoms with E-state index in [0.29, 0.717) is 29.5 Å². The summed E-state index contributed by atoms with van der Waals surface area (Å²) in [7, 11) is 0. The van der Waals surface area contributed by atoms with Gasteiger partial charge in [0, 0.05) is 39.7 Å². The van der Waals surface area contributed by atoms with E-state index in [4.69, 9.17) is 4.74 Å². The van der Waals surface area contributed by atoms with Crippen LogP contribution in [0.15, 0.2) is 48.8 Å². The summed E-state index contributed by atoms with van der Waals surface area (Å²) in [6.45, 7) is 6.83. The van der Waals surface area contributed by atoms with Gasteiger partial charge in [-0.1, -0.05) is 32.8 Å². The monoisotopic (exact) mass is 410 g/mol. The van der Waals surface area contributed by atoms with Crippen molar-refractivity contribution in [2.45, 2.75) is 51.4 Å². The Kier molecular flexibility index (Phi) is 6.14. The van der Waals surface area contributed by atoms with Crippen LogP contribution < -0.4 is 10.1 Å². The van der Waals surface area contributed by atoms with E-state index in [0.717, 1.165) is 29.1 Å². The van der Waals surface area contributed by atoms with E-state index in [9.17, 15) is 4.39 Å². The van der Waals surface area contributed by atoms with Crippen molar-refractivity contribution in [3.63, 3.8) is 0 Å². The number of halogens is 1. The highest BCUT2D eigenvalue weighted by Gasteiger charge is 2.26. The summed E-state index contributed by atoms with van der Waals surface area (Å²) < 4.78 is 20.5. The van der Waals surface area contributed by atoms with Gasteiger partial charge in [0.05, 0.1) is 6.61 Å². The molecule has 3 nitrogen and oxygen atoms in total. The minimum absolute atomic E-state index is 0.304. The maximum atomic E-state index is 14.8. The van der Waals surface area contributed by atoms with Crippen LogP contribution >= 0.6 is 11.3 Å². The van der Waals surface area contributed by atoms with Gasteiger partial charge < -0.3 is 10.1 Å². The zero-order valence-corrected chi connectivity index (χ0v) is 17.7. The molecule has 0 unspecified atom stereocenters. The summed E-state index contributed by atoms with van der Waals surface area (Å²) in [5.41, 5.74) is 2.91. The molecule has 0 radical (unpaired) electrons. The van der Waals surface area contributed by atoms with Gasteiger partial charge in [-0.25, -0.2) is 9.37 Å². The number of thiazole rings is 1. The molecule has 4 rings (SSSR count). The highest BCUT2D eigenvalue weighted by molar-refractivity contribution is 7.12. The van der Waals surface area contributed by atoms with Crippen LogP contribution in [-0.4, -0.2) is 11.6 Å². The second kappa shape index (κ2) is 8.95. The molecule has 152 valence electrons. The normalized spacial score (nSPS) is 16.3. The molecule has 1 aliphatic heterocycles. The lowest BCUT2D eigenvalue weighted by molar-refractivity contribution is 0.303. The summed E-state index contributed by atoms with van der Waals surface area (Å²) in [5.74, 6) is 0.951. The van der Waals surface area contributed by atoms with Gasteiger partial charge in [-0.3, -0.25) is 0 Å². The Morgan fingerprint density at radius 2 is 2.10 bits per heavy atom. The minimum atomic E-state index is -0.304. The van der Waals surface area contributed by atoms with E-state index in [1.165, 1.54) is 36.6 Å². The van der Waals surface area contributed by atoms with Gasteiger partial charge in [0.15, 0.2) is 0 Å².